The van der Waals surface area contributed by atoms with Gasteiger partial charge in [-0.2, -0.15) is 0 Å². The number of halogens is 1. The Bertz CT molecular complexity index is 262. The molecule has 0 aromatic heterocycles. The van der Waals surface area contributed by atoms with Crippen molar-refractivity contribution >= 4 is 12.4 Å². The number of hydrogen-bond donors (Lipinski definition) is 1. The predicted octanol–water partition coefficient (Wildman–Crippen LogP) is 2.63. The molecule has 0 atom stereocenters. The van der Waals surface area contributed by atoms with E-state index in [2.05, 4.69) is 5.32 Å². The highest BCUT2D eigenvalue weighted by molar-refractivity contribution is 5.85. The highest BCUT2D eigenvalue weighted by Crippen LogP contribution is 2.17. The maximum atomic E-state index is 5.56. The molecule has 0 unspecified atom stereocenters. The van der Waals surface area contributed by atoms with Crippen molar-refractivity contribution in [2.45, 2.75) is 25.3 Å². The monoisotopic (exact) mass is 227 g/mol. The molecule has 1 saturated carbocycles. The average molecular weight is 228 g/mol. The van der Waals surface area contributed by atoms with E-state index in [1.54, 1.807) is 0 Å². The second-order valence-electron chi connectivity index (χ2n) is 3.74. The summed E-state index contributed by atoms with van der Waals surface area (Å²) in [5.74, 6) is 0.961. The molecule has 3 heteroatoms. The molecule has 15 heavy (non-hydrogen) atoms. The molecule has 0 bridgehead atoms. The van der Waals surface area contributed by atoms with Gasteiger partial charge in [0, 0.05) is 12.6 Å². The standard InChI is InChI=1S/C12H17NO.ClH/c1-2-7-12(8-3-1)14-10-9-13-11-5-4-6-11;/h1-3,7-8,11,13H,4-6,9-10H2;1H. The fourth-order valence-corrected chi connectivity index (χ4v) is 1.56. The van der Waals surface area contributed by atoms with Crippen molar-refractivity contribution in [3.8, 4) is 5.75 Å². The van der Waals surface area contributed by atoms with Crippen LogP contribution >= 0.6 is 12.4 Å². The molecule has 0 aliphatic heterocycles. The van der Waals surface area contributed by atoms with Gasteiger partial charge < -0.3 is 10.1 Å². The highest BCUT2D eigenvalue weighted by Gasteiger charge is 2.15. The average Bonchev–Trinajstić information content (AvgIpc) is 2.16. The summed E-state index contributed by atoms with van der Waals surface area (Å²) in [4.78, 5) is 0. The first kappa shape index (κ1) is 12.3. The van der Waals surface area contributed by atoms with Crippen LogP contribution in [0.15, 0.2) is 30.3 Å². The molecule has 2 rings (SSSR count). The van der Waals surface area contributed by atoms with Gasteiger partial charge in [0.1, 0.15) is 12.4 Å². The molecule has 0 radical (unpaired) electrons. The van der Waals surface area contributed by atoms with E-state index < -0.39 is 0 Å². The van der Waals surface area contributed by atoms with E-state index in [1.807, 2.05) is 30.3 Å². The summed E-state index contributed by atoms with van der Waals surface area (Å²) in [7, 11) is 0. The van der Waals surface area contributed by atoms with E-state index >= 15 is 0 Å². The Balaban J connectivity index is 0.00000112. The smallest absolute Gasteiger partial charge is 0.119 e. The van der Waals surface area contributed by atoms with Crippen LogP contribution in [0.25, 0.3) is 0 Å². The zero-order chi connectivity index (χ0) is 9.64. The Morgan fingerprint density at radius 3 is 2.53 bits per heavy atom. The Labute approximate surface area is 97.4 Å². The molecule has 1 aromatic carbocycles. The van der Waals surface area contributed by atoms with Gasteiger partial charge in [-0.15, -0.1) is 12.4 Å². The predicted molar refractivity (Wildman–Crippen MR) is 64.8 cm³/mol. The number of nitrogens with one attached hydrogen (secondary N) is 1. The van der Waals surface area contributed by atoms with E-state index in [-0.39, 0.29) is 12.4 Å². The highest BCUT2D eigenvalue weighted by atomic mass is 35.5. The molecule has 0 amide bonds. The Hall–Kier alpha value is -0.730. The maximum Gasteiger partial charge on any atom is 0.119 e. The number of benzene rings is 1. The third kappa shape index (κ3) is 4.10. The lowest BCUT2D eigenvalue weighted by molar-refractivity contribution is 0.276. The third-order valence-corrected chi connectivity index (χ3v) is 2.65. The van der Waals surface area contributed by atoms with Crippen LogP contribution in [0, 0.1) is 0 Å². The summed E-state index contributed by atoms with van der Waals surface area (Å²) >= 11 is 0. The van der Waals surface area contributed by atoms with Crippen LogP contribution < -0.4 is 10.1 Å². The largest absolute Gasteiger partial charge is 0.492 e. The van der Waals surface area contributed by atoms with Crippen LogP contribution in [0.2, 0.25) is 0 Å². The molecule has 0 saturated heterocycles. The van der Waals surface area contributed by atoms with Gasteiger partial charge in [0.15, 0.2) is 0 Å². The van der Waals surface area contributed by atoms with Gasteiger partial charge >= 0.3 is 0 Å². The number of hydrogen-bond acceptors (Lipinski definition) is 2. The summed E-state index contributed by atoms with van der Waals surface area (Å²) in [6.45, 7) is 1.72. The summed E-state index contributed by atoms with van der Waals surface area (Å²) in [6.07, 6.45) is 4.06. The maximum absolute atomic E-state index is 5.56. The zero-order valence-electron chi connectivity index (χ0n) is 8.82. The van der Waals surface area contributed by atoms with E-state index in [1.165, 1.54) is 19.3 Å². The van der Waals surface area contributed by atoms with Crippen molar-refractivity contribution in [1.82, 2.24) is 5.32 Å². The van der Waals surface area contributed by atoms with Crippen LogP contribution in [0.4, 0.5) is 0 Å². The molecule has 1 aliphatic rings. The normalized spacial score (nSPS) is 15.2. The summed E-state index contributed by atoms with van der Waals surface area (Å²) in [5, 5.41) is 3.46. The van der Waals surface area contributed by atoms with E-state index in [0.29, 0.717) is 0 Å². The minimum Gasteiger partial charge on any atom is -0.492 e. The second kappa shape index (κ2) is 6.70. The SMILES string of the molecule is Cl.c1ccc(OCCNC2CCC2)cc1. The van der Waals surface area contributed by atoms with Gasteiger partial charge in [-0.3, -0.25) is 0 Å². The van der Waals surface area contributed by atoms with Crippen LogP contribution in [-0.2, 0) is 0 Å². The van der Waals surface area contributed by atoms with Crippen LogP contribution in [-0.4, -0.2) is 19.2 Å². The molecule has 2 nitrogen and oxygen atoms in total. The number of ether oxygens (including phenoxy) is 1. The Kier molecular flexibility index (Phi) is 5.51. The minimum atomic E-state index is 0. The molecular weight excluding hydrogens is 210 g/mol. The van der Waals surface area contributed by atoms with Crippen LogP contribution in [0.1, 0.15) is 19.3 Å². The molecular formula is C12H18ClNO. The summed E-state index contributed by atoms with van der Waals surface area (Å²) in [5.41, 5.74) is 0. The van der Waals surface area contributed by atoms with Crippen molar-refractivity contribution < 1.29 is 4.74 Å². The topological polar surface area (TPSA) is 21.3 Å². The Morgan fingerprint density at radius 2 is 1.93 bits per heavy atom. The lowest BCUT2D eigenvalue weighted by Gasteiger charge is -2.26. The fraction of sp³-hybridized carbons (Fsp3) is 0.500. The first-order valence-corrected chi connectivity index (χ1v) is 5.36. The molecule has 84 valence electrons. The fourth-order valence-electron chi connectivity index (χ4n) is 1.56. The van der Waals surface area contributed by atoms with Gasteiger partial charge in [0.05, 0.1) is 0 Å². The van der Waals surface area contributed by atoms with Gasteiger partial charge in [-0.1, -0.05) is 24.6 Å². The number of para-hydroxylation sites is 1. The molecule has 0 heterocycles. The van der Waals surface area contributed by atoms with Crippen LogP contribution in [0.5, 0.6) is 5.75 Å². The lowest BCUT2D eigenvalue weighted by Crippen LogP contribution is -2.37. The zero-order valence-corrected chi connectivity index (χ0v) is 9.63. The van der Waals surface area contributed by atoms with Gasteiger partial charge in [-0.05, 0) is 25.0 Å². The first-order valence-electron chi connectivity index (χ1n) is 5.36. The molecule has 1 N–H and O–H groups in total. The van der Waals surface area contributed by atoms with Crippen molar-refractivity contribution in [2.75, 3.05) is 13.2 Å². The summed E-state index contributed by atoms with van der Waals surface area (Å²) < 4.78 is 5.56. The van der Waals surface area contributed by atoms with E-state index in [9.17, 15) is 0 Å². The van der Waals surface area contributed by atoms with E-state index in [4.69, 9.17) is 4.74 Å². The van der Waals surface area contributed by atoms with Crippen molar-refractivity contribution in [3.05, 3.63) is 30.3 Å². The van der Waals surface area contributed by atoms with Crippen molar-refractivity contribution in [3.63, 3.8) is 0 Å². The van der Waals surface area contributed by atoms with Gasteiger partial charge in [-0.25, -0.2) is 0 Å². The molecule has 0 spiro atoms. The Morgan fingerprint density at radius 1 is 1.20 bits per heavy atom. The number of rotatable bonds is 5. The molecule has 1 aromatic rings. The van der Waals surface area contributed by atoms with Crippen LogP contribution in [0.3, 0.4) is 0 Å². The third-order valence-electron chi connectivity index (χ3n) is 2.65. The van der Waals surface area contributed by atoms with Crippen molar-refractivity contribution in [1.29, 1.82) is 0 Å². The molecule has 1 aliphatic carbocycles. The van der Waals surface area contributed by atoms with Crippen molar-refractivity contribution in [2.24, 2.45) is 0 Å². The van der Waals surface area contributed by atoms with Gasteiger partial charge in [0.25, 0.3) is 0 Å². The van der Waals surface area contributed by atoms with Gasteiger partial charge in [0.2, 0.25) is 0 Å². The second-order valence-corrected chi connectivity index (χ2v) is 3.74. The minimum absolute atomic E-state index is 0. The molecule has 1 fully saturated rings. The summed E-state index contributed by atoms with van der Waals surface area (Å²) in [6, 6.07) is 10.7. The first-order chi connectivity index (χ1) is 6.95. The quantitative estimate of drug-likeness (QED) is 0.781. The lowest BCUT2D eigenvalue weighted by atomic mass is 9.93. The van der Waals surface area contributed by atoms with E-state index in [0.717, 1.165) is 24.9 Å².